The number of hydrogen-bond acceptors (Lipinski definition) is 10. The predicted octanol–water partition coefficient (Wildman–Crippen LogP) is 14.3. The number of pyridine rings is 2. The Bertz CT molecular complexity index is 2910. The number of benzene rings is 6. The number of aliphatic imine (C=N–C) groups is 2. The summed E-state index contributed by atoms with van der Waals surface area (Å²) in [4.78, 5) is 26.2. The number of rotatable bonds is 13. The van der Waals surface area contributed by atoms with Gasteiger partial charge >= 0.3 is 0 Å². The van der Waals surface area contributed by atoms with Crippen LogP contribution in [0.3, 0.4) is 0 Å². The fraction of sp³-hybridized carbons (Fsp3) is 0.138. The number of para-hydroxylation sites is 4. The SMILES string of the molecule is CN1[CH-]N(c2[c-]cccc2)c2ncccc21.CN1[CH-]N(c2[c-]cccc2)c2ncccc21.Cc1cc(C)c(OCCOc2cc(C)cc(C)c2N=C[N-]c2ccccc2)c(N=C[N-]c2ccccc2)c1.[Pt].[Pt]. The second-order valence-corrected chi connectivity index (χ2v) is 16.4. The Kier molecular flexibility index (Phi) is 20.1. The van der Waals surface area contributed by atoms with Crippen LogP contribution in [0.5, 0.6) is 11.5 Å². The van der Waals surface area contributed by atoms with E-state index in [1.807, 2.05) is 211 Å². The van der Waals surface area contributed by atoms with Crippen molar-refractivity contribution in [3.8, 4) is 11.5 Å². The molecule has 0 unspecified atom stereocenters. The molecular formula is C58H54N10O2Pt2-6. The van der Waals surface area contributed by atoms with Gasteiger partial charge < -0.3 is 49.7 Å². The Morgan fingerprint density at radius 3 is 1.57 bits per heavy atom. The van der Waals surface area contributed by atoms with Crippen LogP contribution in [0.15, 0.2) is 180 Å². The number of aryl methyl sites for hydroxylation is 4. The van der Waals surface area contributed by atoms with Gasteiger partial charge in [-0.25, -0.2) is 9.97 Å². The van der Waals surface area contributed by atoms with Crippen molar-refractivity contribution < 1.29 is 51.6 Å². The second-order valence-electron chi connectivity index (χ2n) is 16.4. The van der Waals surface area contributed by atoms with Crippen LogP contribution in [-0.4, -0.2) is 50.0 Å². The number of hydrogen-bond donors (Lipinski definition) is 0. The molecule has 0 N–H and O–H groups in total. The first-order valence-corrected chi connectivity index (χ1v) is 22.8. The van der Waals surface area contributed by atoms with Gasteiger partial charge in [0.05, 0.1) is 0 Å². The van der Waals surface area contributed by atoms with Crippen molar-refractivity contribution in [1.29, 1.82) is 0 Å². The van der Waals surface area contributed by atoms with Gasteiger partial charge in [-0.3, -0.25) is 0 Å². The molecule has 14 heteroatoms. The summed E-state index contributed by atoms with van der Waals surface area (Å²) in [6.07, 6.45) is 6.74. The largest absolute Gasteiger partial charge is 0.502 e. The van der Waals surface area contributed by atoms with E-state index in [1.165, 1.54) is 0 Å². The van der Waals surface area contributed by atoms with Crippen molar-refractivity contribution in [3.63, 3.8) is 0 Å². The zero-order valence-corrected chi connectivity index (χ0v) is 45.4. The third-order valence-electron chi connectivity index (χ3n) is 10.9. The van der Waals surface area contributed by atoms with E-state index >= 15 is 0 Å². The summed E-state index contributed by atoms with van der Waals surface area (Å²) in [5.41, 5.74) is 11.7. The molecule has 8 aromatic rings. The van der Waals surface area contributed by atoms with Gasteiger partial charge in [-0.1, -0.05) is 97.1 Å². The van der Waals surface area contributed by atoms with E-state index in [0.29, 0.717) is 19.0 Å². The van der Waals surface area contributed by atoms with E-state index in [2.05, 4.69) is 76.8 Å². The van der Waals surface area contributed by atoms with Gasteiger partial charge in [0.1, 0.15) is 36.3 Å². The molecule has 72 heavy (non-hydrogen) atoms. The van der Waals surface area contributed by atoms with Crippen molar-refractivity contribution >= 4 is 69.8 Å². The molecule has 2 aromatic heterocycles. The molecule has 6 aromatic carbocycles. The maximum atomic E-state index is 6.15. The monoisotopic (exact) mass is 1310 g/mol. The summed E-state index contributed by atoms with van der Waals surface area (Å²) >= 11 is 0. The summed E-state index contributed by atoms with van der Waals surface area (Å²) in [6, 6.07) is 57.8. The molecule has 374 valence electrons. The first-order valence-electron chi connectivity index (χ1n) is 22.8. The third kappa shape index (κ3) is 14.2. The summed E-state index contributed by atoms with van der Waals surface area (Å²) in [5, 5.41) is 8.83. The van der Waals surface area contributed by atoms with Gasteiger partial charge in [0, 0.05) is 77.3 Å². The Morgan fingerprint density at radius 1 is 0.556 bits per heavy atom. The molecule has 0 saturated heterocycles. The molecule has 4 heterocycles. The van der Waals surface area contributed by atoms with Gasteiger partial charge in [-0.15, -0.1) is 11.4 Å². The Balaban J connectivity index is 0.000000203. The molecule has 12 nitrogen and oxygen atoms in total. The van der Waals surface area contributed by atoms with Crippen LogP contribution in [0.4, 0.5) is 57.1 Å². The molecule has 2 aliphatic rings. The smallest absolute Gasteiger partial charge is 0.125 e. The normalized spacial score (nSPS) is 12.1. The van der Waals surface area contributed by atoms with Crippen LogP contribution in [0.1, 0.15) is 22.3 Å². The third-order valence-corrected chi connectivity index (χ3v) is 10.9. The number of nitrogens with zero attached hydrogens (tertiary/aromatic N) is 10. The molecule has 0 saturated carbocycles. The van der Waals surface area contributed by atoms with Gasteiger partial charge in [0.15, 0.2) is 0 Å². The number of aromatic nitrogens is 2. The average Bonchev–Trinajstić information content (AvgIpc) is 3.91. The Labute approximate surface area is 453 Å². The van der Waals surface area contributed by atoms with E-state index in [9.17, 15) is 0 Å². The van der Waals surface area contributed by atoms with Crippen LogP contribution in [0.2, 0.25) is 0 Å². The molecule has 10 rings (SSSR count). The summed E-state index contributed by atoms with van der Waals surface area (Å²) in [7, 11) is 4.03. The minimum absolute atomic E-state index is 0. The summed E-state index contributed by atoms with van der Waals surface area (Å²) < 4.78 is 12.3. The minimum Gasteiger partial charge on any atom is -0.502 e. The van der Waals surface area contributed by atoms with E-state index in [4.69, 9.17) is 9.47 Å². The maximum Gasteiger partial charge on any atom is 0.125 e. The molecule has 0 atom stereocenters. The van der Waals surface area contributed by atoms with Gasteiger partial charge in [-0.2, -0.15) is 74.0 Å². The van der Waals surface area contributed by atoms with Crippen molar-refractivity contribution in [2.24, 2.45) is 9.98 Å². The second kappa shape index (κ2) is 26.8. The number of fused-ring (bicyclic) bond motifs is 2. The van der Waals surface area contributed by atoms with Crippen molar-refractivity contribution in [1.82, 2.24) is 9.97 Å². The topological polar surface area (TPSA) is 110 Å². The van der Waals surface area contributed by atoms with Crippen molar-refractivity contribution in [3.05, 3.63) is 228 Å². The zero-order valence-electron chi connectivity index (χ0n) is 40.8. The van der Waals surface area contributed by atoms with E-state index in [1.54, 1.807) is 12.7 Å². The van der Waals surface area contributed by atoms with Gasteiger partial charge in [-0.05, 0) is 100 Å². The standard InChI is InChI=1S/C32H32N4O2.2C13H11N3.2Pt/c1-23-18-26(4)32(29(19-23)35-21-33-27-11-7-5-8-12-27)38-16-15-37-30-20-24(2)17-25(3)31(30)36-22-34-28-13-9-6-10-14-28;2*1-15-10-16(11-6-3-2-4-7-11)13-12(15)8-5-9-14-13;;/h5-14,17-22H,15-16H2,1-4H3;2*2-6,8-10H,1H3;;/q3*-2;;. The molecule has 2 aliphatic heterocycles. The minimum atomic E-state index is 0. The predicted molar refractivity (Wildman–Crippen MR) is 287 cm³/mol. The molecule has 0 aliphatic carbocycles. The first-order chi connectivity index (χ1) is 34.2. The van der Waals surface area contributed by atoms with Crippen LogP contribution >= 0.6 is 0 Å². The van der Waals surface area contributed by atoms with E-state index in [0.717, 1.165) is 85.1 Å². The molecule has 0 amide bonds. The van der Waals surface area contributed by atoms with Crippen LogP contribution in [0.25, 0.3) is 10.6 Å². The van der Waals surface area contributed by atoms with Crippen molar-refractivity contribution in [2.45, 2.75) is 27.7 Å². The number of anilines is 6. The summed E-state index contributed by atoms with van der Waals surface area (Å²) in [6.45, 7) is 12.9. The van der Waals surface area contributed by atoms with Crippen molar-refractivity contribution in [2.75, 3.05) is 46.9 Å². The number of ether oxygens (including phenoxy) is 2. The van der Waals surface area contributed by atoms with Gasteiger partial charge in [0.25, 0.3) is 0 Å². The Morgan fingerprint density at radius 2 is 1.04 bits per heavy atom. The zero-order chi connectivity index (χ0) is 48.7. The van der Waals surface area contributed by atoms with E-state index < -0.39 is 0 Å². The maximum absolute atomic E-state index is 6.15. The van der Waals surface area contributed by atoms with Gasteiger partial charge in [0.2, 0.25) is 0 Å². The molecule has 0 fully saturated rings. The fourth-order valence-corrected chi connectivity index (χ4v) is 7.75. The van der Waals surface area contributed by atoms with Crippen LogP contribution < -0.4 is 29.1 Å². The van der Waals surface area contributed by atoms with Crippen LogP contribution in [-0.2, 0) is 42.1 Å². The van der Waals surface area contributed by atoms with Crippen LogP contribution in [0, 0.1) is 53.2 Å². The van der Waals surface area contributed by atoms with E-state index in [-0.39, 0.29) is 42.1 Å². The molecular weight excluding hydrogens is 1260 g/mol. The molecule has 0 spiro atoms. The summed E-state index contributed by atoms with van der Waals surface area (Å²) in [5.74, 6) is 3.32. The fourth-order valence-electron chi connectivity index (χ4n) is 7.75. The Hall–Kier alpha value is -7.26. The average molecular weight is 1310 g/mol. The molecule has 0 bridgehead atoms. The first kappa shape index (κ1) is 54.1. The quantitative estimate of drug-likeness (QED) is 0.0486. The molecule has 0 radical (unpaired) electrons.